The average molecular weight is 284 g/mol. The molecule has 2 rings (SSSR count). The van der Waals surface area contributed by atoms with E-state index in [1.165, 1.54) is 12.0 Å². The summed E-state index contributed by atoms with van der Waals surface area (Å²) in [5.74, 6) is 1.61. The number of nitrogens with one attached hydrogen (secondary N) is 1. The van der Waals surface area contributed by atoms with Crippen molar-refractivity contribution < 1.29 is 0 Å². The number of nitrogens with zero attached hydrogens (tertiary/aromatic N) is 3. The number of rotatable bonds is 6. The Hall–Kier alpha value is -2.10. The van der Waals surface area contributed by atoms with Crippen LogP contribution in [0.2, 0.25) is 0 Å². The normalized spacial score (nSPS) is 10.5. The molecule has 0 atom stereocenters. The van der Waals surface area contributed by atoms with E-state index >= 15 is 0 Å². The van der Waals surface area contributed by atoms with Crippen LogP contribution in [-0.2, 0) is 0 Å². The van der Waals surface area contributed by atoms with E-state index in [0.29, 0.717) is 0 Å². The van der Waals surface area contributed by atoms with Crippen LogP contribution in [0.3, 0.4) is 0 Å². The Kier molecular flexibility index (Phi) is 5.14. The molecule has 1 heterocycles. The van der Waals surface area contributed by atoms with Gasteiger partial charge in [-0.1, -0.05) is 31.0 Å². The Balaban J connectivity index is 2.16. The molecule has 21 heavy (non-hydrogen) atoms. The Morgan fingerprint density at radius 2 is 1.81 bits per heavy atom. The summed E-state index contributed by atoms with van der Waals surface area (Å²) in [7, 11) is 2.04. The number of hydrogen-bond acceptors (Lipinski definition) is 4. The van der Waals surface area contributed by atoms with Crippen LogP contribution in [0.5, 0.6) is 0 Å². The molecule has 0 saturated heterocycles. The van der Waals surface area contributed by atoms with Crippen LogP contribution in [0.1, 0.15) is 31.0 Å². The van der Waals surface area contributed by atoms with Gasteiger partial charge in [0.05, 0.1) is 0 Å². The second-order valence-electron chi connectivity index (χ2n) is 5.46. The Labute approximate surface area is 127 Å². The summed E-state index contributed by atoms with van der Waals surface area (Å²) in [5, 5.41) is 3.35. The lowest BCUT2D eigenvalue weighted by molar-refractivity contribution is 0.749. The quantitative estimate of drug-likeness (QED) is 0.868. The summed E-state index contributed by atoms with van der Waals surface area (Å²) in [6, 6.07) is 10.3. The molecular weight excluding hydrogens is 260 g/mol. The van der Waals surface area contributed by atoms with Gasteiger partial charge < -0.3 is 10.2 Å². The number of aryl methyl sites for hydroxylation is 2. The van der Waals surface area contributed by atoms with Gasteiger partial charge in [0.2, 0.25) is 5.95 Å². The Morgan fingerprint density at radius 1 is 1.10 bits per heavy atom. The fraction of sp³-hybridized carbons (Fsp3) is 0.412. The van der Waals surface area contributed by atoms with E-state index in [2.05, 4.69) is 58.3 Å². The largest absolute Gasteiger partial charge is 0.344 e. The predicted molar refractivity (Wildman–Crippen MR) is 89.4 cm³/mol. The molecule has 0 saturated carbocycles. The molecular formula is C17H24N4. The van der Waals surface area contributed by atoms with Crippen molar-refractivity contribution in [2.24, 2.45) is 0 Å². The fourth-order valence-electron chi connectivity index (χ4n) is 2.07. The third kappa shape index (κ3) is 4.45. The van der Waals surface area contributed by atoms with Crippen molar-refractivity contribution in [3.05, 3.63) is 41.6 Å². The van der Waals surface area contributed by atoms with Gasteiger partial charge in [0.1, 0.15) is 5.82 Å². The van der Waals surface area contributed by atoms with Gasteiger partial charge in [0, 0.05) is 31.0 Å². The van der Waals surface area contributed by atoms with Crippen molar-refractivity contribution >= 4 is 17.5 Å². The molecule has 4 nitrogen and oxygen atoms in total. The molecule has 0 radical (unpaired) electrons. The van der Waals surface area contributed by atoms with E-state index in [-0.39, 0.29) is 0 Å². The molecule has 1 aromatic carbocycles. The SMILES string of the molecule is CCCCN(C)c1nc(C)cc(Nc2ccc(C)cc2)n1. The van der Waals surface area contributed by atoms with E-state index in [0.717, 1.165) is 36.1 Å². The van der Waals surface area contributed by atoms with Crippen LogP contribution in [0.25, 0.3) is 0 Å². The number of aromatic nitrogens is 2. The molecule has 0 amide bonds. The molecule has 0 fully saturated rings. The molecule has 112 valence electrons. The van der Waals surface area contributed by atoms with Crippen molar-refractivity contribution in [1.82, 2.24) is 9.97 Å². The third-order valence-electron chi connectivity index (χ3n) is 3.35. The maximum absolute atomic E-state index is 4.61. The van der Waals surface area contributed by atoms with Gasteiger partial charge in [-0.15, -0.1) is 0 Å². The topological polar surface area (TPSA) is 41.1 Å². The van der Waals surface area contributed by atoms with Gasteiger partial charge in [0.15, 0.2) is 0 Å². The zero-order valence-corrected chi connectivity index (χ0v) is 13.3. The smallest absolute Gasteiger partial charge is 0.227 e. The van der Waals surface area contributed by atoms with Crippen molar-refractivity contribution in [2.75, 3.05) is 23.8 Å². The van der Waals surface area contributed by atoms with Crippen molar-refractivity contribution in [2.45, 2.75) is 33.6 Å². The zero-order valence-electron chi connectivity index (χ0n) is 13.3. The van der Waals surface area contributed by atoms with Crippen molar-refractivity contribution in [3.63, 3.8) is 0 Å². The molecule has 4 heteroatoms. The molecule has 0 spiro atoms. The molecule has 1 aromatic heterocycles. The van der Waals surface area contributed by atoms with E-state index in [1.807, 2.05) is 20.0 Å². The van der Waals surface area contributed by atoms with Gasteiger partial charge in [-0.05, 0) is 32.4 Å². The van der Waals surface area contributed by atoms with Gasteiger partial charge in [-0.3, -0.25) is 0 Å². The molecule has 2 aromatic rings. The summed E-state index contributed by atoms with van der Waals surface area (Å²) in [6.07, 6.45) is 2.32. The highest BCUT2D eigenvalue weighted by atomic mass is 15.2. The van der Waals surface area contributed by atoms with Gasteiger partial charge >= 0.3 is 0 Å². The molecule has 0 bridgehead atoms. The summed E-state index contributed by atoms with van der Waals surface area (Å²) in [6.45, 7) is 7.25. The van der Waals surface area contributed by atoms with Gasteiger partial charge in [-0.25, -0.2) is 4.98 Å². The predicted octanol–water partition coefficient (Wildman–Crippen LogP) is 4.07. The van der Waals surface area contributed by atoms with E-state index in [4.69, 9.17) is 0 Å². The lowest BCUT2D eigenvalue weighted by Crippen LogP contribution is -2.21. The lowest BCUT2D eigenvalue weighted by Gasteiger charge is -2.18. The van der Waals surface area contributed by atoms with Crippen LogP contribution in [0.4, 0.5) is 17.5 Å². The first-order valence-corrected chi connectivity index (χ1v) is 7.49. The first kappa shape index (κ1) is 15.3. The monoisotopic (exact) mass is 284 g/mol. The minimum atomic E-state index is 0.776. The van der Waals surface area contributed by atoms with Crippen LogP contribution < -0.4 is 10.2 Å². The first-order valence-electron chi connectivity index (χ1n) is 7.49. The summed E-state index contributed by atoms with van der Waals surface area (Å²) < 4.78 is 0. The summed E-state index contributed by atoms with van der Waals surface area (Å²) >= 11 is 0. The zero-order chi connectivity index (χ0) is 15.2. The highest BCUT2D eigenvalue weighted by molar-refractivity contribution is 5.58. The standard InChI is InChI=1S/C17H24N4/c1-5-6-11-21(4)17-18-14(3)12-16(20-17)19-15-9-7-13(2)8-10-15/h7-10,12H,5-6,11H2,1-4H3,(H,18,19,20). The minimum absolute atomic E-state index is 0.776. The molecule has 0 aliphatic carbocycles. The van der Waals surface area contributed by atoms with E-state index in [9.17, 15) is 0 Å². The van der Waals surface area contributed by atoms with Gasteiger partial charge in [0.25, 0.3) is 0 Å². The van der Waals surface area contributed by atoms with Crippen molar-refractivity contribution in [3.8, 4) is 0 Å². The number of unbranched alkanes of at least 4 members (excludes halogenated alkanes) is 1. The minimum Gasteiger partial charge on any atom is -0.344 e. The fourth-order valence-corrected chi connectivity index (χ4v) is 2.07. The maximum Gasteiger partial charge on any atom is 0.227 e. The second kappa shape index (κ2) is 7.07. The second-order valence-corrected chi connectivity index (χ2v) is 5.46. The first-order chi connectivity index (χ1) is 10.1. The van der Waals surface area contributed by atoms with Crippen molar-refractivity contribution in [1.29, 1.82) is 0 Å². The summed E-state index contributed by atoms with van der Waals surface area (Å²) in [5.41, 5.74) is 3.26. The van der Waals surface area contributed by atoms with Crippen LogP contribution in [0, 0.1) is 13.8 Å². The molecule has 0 unspecified atom stereocenters. The maximum atomic E-state index is 4.61. The van der Waals surface area contributed by atoms with Crippen LogP contribution in [0.15, 0.2) is 30.3 Å². The molecule has 1 N–H and O–H groups in total. The highest BCUT2D eigenvalue weighted by Crippen LogP contribution is 2.18. The Bertz CT molecular complexity index is 578. The van der Waals surface area contributed by atoms with Gasteiger partial charge in [-0.2, -0.15) is 4.98 Å². The lowest BCUT2D eigenvalue weighted by atomic mass is 10.2. The third-order valence-corrected chi connectivity index (χ3v) is 3.35. The summed E-state index contributed by atoms with van der Waals surface area (Å²) in [4.78, 5) is 11.2. The number of anilines is 3. The average Bonchev–Trinajstić information content (AvgIpc) is 2.46. The highest BCUT2D eigenvalue weighted by Gasteiger charge is 2.07. The van der Waals surface area contributed by atoms with Crippen LogP contribution in [-0.4, -0.2) is 23.6 Å². The number of benzene rings is 1. The Morgan fingerprint density at radius 3 is 2.48 bits per heavy atom. The molecule has 0 aliphatic rings. The van der Waals surface area contributed by atoms with E-state index in [1.54, 1.807) is 0 Å². The number of hydrogen-bond donors (Lipinski definition) is 1. The van der Waals surface area contributed by atoms with Crippen LogP contribution >= 0.6 is 0 Å². The molecule has 0 aliphatic heterocycles. The van der Waals surface area contributed by atoms with E-state index < -0.39 is 0 Å².